The fourth-order valence-corrected chi connectivity index (χ4v) is 2.95. The van der Waals surface area contributed by atoms with Crippen LogP contribution in [-0.4, -0.2) is 11.2 Å². The predicted octanol–water partition coefficient (Wildman–Crippen LogP) is 3.62. The van der Waals surface area contributed by atoms with Gasteiger partial charge in [0.05, 0.1) is 6.10 Å². The number of aliphatic hydroxyl groups is 1. The van der Waals surface area contributed by atoms with E-state index in [1.807, 2.05) is 11.3 Å². The van der Waals surface area contributed by atoms with Gasteiger partial charge in [-0.25, -0.2) is 0 Å². The maximum atomic E-state index is 9.82. The molecule has 1 atom stereocenters. The highest BCUT2D eigenvalue weighted by Crippen LogP contribution is 2.31. The van der Waals surface area contributed by atoms with Crippen LogP contribution in [0.1, 0.15) is 43.4 Å². The Morgan fingerprint density at radius 2 is 2.33 bits per heavy atom. The molecule has 1 aromatic rings. The van der Waals surface area contributed by atoms with Crippen molar-refractivity contribution in [2.24, 2.45) is 5.92 Å². The normalized spacial score (nSPS) is 18.7. The molecule has 1 aromatic heterocycles. The summed E-state index contributed by atoms with van der Waals surface area (Å²) in [5, 5.41) is 11.9. The monoisotopic (exact) mass is 224 g/mol. The fourth-order valence-electron chi connectivity index (χ4n) is 2.20. The third-order valence-electron chi connectivity index (χ3n) is 3.37. The highest BCUT2D eigenvalue weighted by Gasteiger charge is 2.20. The number of rotatable bonds is 6. The maximum absolute atomic E-state index is 9.82. The van der Waals surface area contributed by atoms with Gasteiger partial charge in [-0.15, -0.1) is 11.3 Å². The summed E-state index contributed by atoms with van der Waals surface area (Å²) in [4.78, 5) is 1.45. The summed E-state index contributed by atoms with van der Waals surface area (Å²) in [6, 6.07) is 4.29. The molecule has 2 heteroatoms. The van der Waals surface area contributed by atoms with E-state index < -0.39 is 0 Å². The molecule has 0 spiro atoms. The van der Waals surface area contributed by atoms with Gasteiger partial charge in [0.25, 0.3) is 0 Å². The van der Waals surface area contributed by atoms with Crippen molar-refractivity contribution in [2.75, 3.05) is 0 Å². The van der Waals surface area contributed by atoms with Gasteiger partial charge in [0.15, 0.2) is 0 Å². The Labute approximate surface area is 96.1 Å². The molecular formula is C13H20OS. The first kappa shape index (κ1) is 11.2. The van der Waals surface area contributed by atoms with Crippen molar-refractivity contribution in [3.63, 3.8) is 0 Å². The number of hydrogen-bond acceptors (Lipinski definition) is 2. The molecule has 0 radical (unpaired) electrons. The van der Waals surface area contributed by atoms with Crippen LogP contribution in [-0.2, 0) is 6.42 Å². The molecule has 0 amide bonds. The van der Waals surface area contributed by atoms with Crippen LogP contribution in [0, 0.1) is 5.92 Å². The lowest BCUT2D eigenvalue weighted by molar-refractivity contribution is 0.108. The molecule has 2 rings (SSSR count). The zero-order valence-corrected chi connectivity index (χ0v) is 10.0. The number of hydrogen-bond donors (Lipinski definition) is 1. The molecule has 1 fully saturated rings. The summed E-state index contributed by atoms with van der Waals surface area (Å²) < 4.78 is 0. The first-order chi connectivity index (χ1) is 7.34. The van der Waals surface area contributed by atoms with Crippen molar-refractivity contribution in [3.05, 3.63) is 22.4 Å². The van der Waals surface area contributed by atoms with E-state index in [9.17, 15) is 5.11 Å². The summed E-state index contributed by atoms with van der Waals surface area (Å²) >= 11 is 1.82. The minimum absolute atomic E-state index is 0.0461. The molecule has 1 saturated carbocycles. The number of aryl methyl sites for hydroxylation is 1. The van der Waals surface area contributed by atoms with Gasteiger partial charge in [-0.1, -0.05) is 25.3 Å². The van der Waals surface area contributed by atoms with E-state index in [1.54, 1.807) is 0 Å². The SMILES string of the molecule is OC(CCCc1cccs1)CC1CCC1. The first-order valence-corrected chi connectivity index (χ1v) is 6.93. The Kier molecular flexibility index (Phi) is 4.21. The average molecular weight is 224 g/mol. The molecule has 1 aliphatic rings. The topological polar surface area (TPSA) is 20.2 Å². The molecule has 0 aliphatic heterocycles. The van der Waals surface area contributed by atoms with Crippen LogP contribution >= 0.6 is 11.3 Å². The second-order valence-corrected chi connectivity index (χ2v) is 5.69. The molecule has 1 N–H and O–H groups in total. The number of thiophene rings is 1. The molecule has 0 aromatic carbocycles. The lowest BCUT2D eigenvalue weighted by Crippen LogP contribution is -2.19. The molecular weight excluding hydrogens is 204 g/mol. The smallest absolute Gasteiger partial charge is 0.0543 e. The van der Waals surface area contributed by atoms with Gasteiger partial charge in [0.2, 0.25) is 0 Å². The lowest BCUT2D eigenvalue weighted by atomic mass is 9.81. The second-order valence-electron chi connectivity index (χ2n) is 4.66. The molecule has 1 heterocycles. The maximum Gasteiger partial charge on any atom is 0.0543 e. The van der Waals surface area contributed by atoms with E-state index in [-0.39, 0.29) is 6.10 Å². The van der Waals surface area contributed by atoms with Crippen molar-refractivity contribution in [3.8, 4) is 0 Å². The van der Waals surface area contributed by atoms with Crippen LogP contribution in [0.15, 0.2) is 17.5 Å². The van der Waals surface area contributed by atoms with Gasteiger partial charge in [-0.2, -0.15) is 0 Å². The van der Waals surface area contributed by atoms with E-state index in [0.717, 1.165) is 31.6 Å². The van der Waals surface area contributed by atoms with E-state index in [2.05, 4.69) is 17.5 Å². The van der Waals surface area contributed by atoms with E-state index in [1.165, 1.54) is 24.1 Å². The van der Waals surface area contributed by atoms with Crippen LogP contribution in [0.4, 0.5) is 0 Å². The van der Waals surface area contributed by atoms with Crippen molar-refractivity contribution >= 4 is 11.3 Å². The average Bonchev–Trinajstić information content (AvgIpc) is 2.64. The third-order valence-corrected chi connectivity index (χ3v) is 4.31. The summed E-state index contributed by atoms with van der Waals surface area (Å²) in [5.41, 5.74) is 0. The zero-order valence-electron chi connectivity index (χ0n) is 9.19. The predicted molar refractivity (Wildman–Crippen MR) is 65.2 cm³/mol. The molecule has 0 bridgehead atoms. The zero-order chi connectivity index (χ0) is 10.5. The molecule has 1 aliphatic carbocycles. The van der Waals surface area contributed by atoms with Crippen molar-refractivity contribution in [1.29, 1.82) is 0 Å². The highest BCUT2D eigenvalue weighted by molar-refractivity contribution is 7.09. The summed E-state index contributed by atoms with van der Waals surface area (Å²) in [5.74, 6) is 0.835. The van der Waals surface area contributed by atoms with Crippen molar-refractivity contribution in [1.82, 2.24) is 0 Å². The van der Waals surface area contributed by atoms with Gasteiger partial charge < -0.3 is 5.11 Å². The Bertz CT molecular complexity index is 264. The van der Waals surface area contributed by atoms with Crippen molar-refractivity contribution < 1.29 is 5.11 Å². The third kappa shape index (κ3) is 3.62. The van der Waals surface area contributed by atoms with Gasteiger partial charge in [0, 0.05) is 4.88 Å². The van der Waals surface area contributed by atoms with Crippen LogP contribution in [0.3, 0.4) is 0 Å². The number of aliphatic hydroxyl groups excluding tert-OH is 1. The Hall–Kier alpha value is -0.340. The van der Waals surface area contributed by atoms with Gasteiger partial charge in [0.1, 0.15) is 0 Å². The van der Waals surface area contributed by atoms with Gasteiger partial charge in [-0.3, -0.25) is 0 Å². The quantitative estimate of drug-likeness (QED) is 0.782. The summed E-state index contributed by atoms with van der Waals surface area (Å²) in [6.07, 6.45) is 8.33. The Morgan fingerprint density at radius 3 is 2.93 bits per heavy atom. The van der Waals surface area contributed by atoms with E-state index in [4.69, 9.17) is 0 Å². The molecule has 1 nitrogen and oxygen atoms in total. The molecule has 1 unspecified atom stereocenters. The van der Waals surface area contributed by atoms with E-state index in [0.29, 0.717) is 0 Å². The van der Waals surface area contributed by atoms with Gasteiger partial charge >= 0.3 is 0 Å². The Morgan fingerprint density at radius 1 is 1.47 bits per heavy atom. The molecule has 84 valence electrons. The summed E-state index contributed by atoms with van der Waals surface area (Å²) in [6.45, 7) is 0. The second kappa shape index (κ2) is 5.66. The Balaban J connectivity index is 1.56. The lowest BCUT2D eigenvalue weighted by Gasteiger charge is -2.27. The molecule has 15 heavy (non-hydrogen) atoms. The van der Waals surface area contributed by atoms with E-state index >= 15 is 0 Å². The van der Waals surface area contributed by atoms with Crippen LogP contribution in [0.5, 0.6) is 0 Å². The van der Waals surface area contributed by atoms with Crippen LogP contribution in [0.2, 0.25) is 0 Å². The minimum Gasteiger partial charge on any atom is -0.393 e. The van der Waals surface area contributed by atoms with Crippen LogP contribution < -0.4 is 0 Å². The fraction of sp³-hybridized carbons (Fsp3) is 0.692. The van der Waals surface area contributed by atoms with Gasteiger partial charge in [-0.05, 0) is 43.0 Å². The molecule has 0 saturated heterocycles. The van der Waals surface area contributed by atoms with Crippen molar-refractivity contribution in [2.45, 2.75) is 51.0 Å². The summed E-state index contributed by atoms with van der Waals surface area (Å²) in [7, 11) is 0. The first-order valence-electron chi connectivity index (χ1n) is 6.05. The minimum atomic E-state index is -0.0461. The largest absolute Gasteiger partial charge is 0.393 e. The highest BCUT2D eigenvalue weighted by atomic mass is 32.1. The van der Waals surface area contributed by atoms with Crippen LogP contribution in [0.25, 0.3) is 0 Å². The standard InChI is InChI=1S/C13H20OS/c14-12(10-11-4-1-5-11)6-2-7-13-8-3-9-15-13/h3,8-9,11-12,14H,1-2,4-7,10H2.